The van der Waals surface area contributed by atoms with E-state index in [1.807, 2.05) is 36.4 Å². The molecule has 0 aliphatic rings. The van der Waals surface area contributed by atoms with Crippen LogP contribution in [0.15, 0.2) is 71.3 Å². The van der Waals surface area contributed by atoms with Gasteiger partial charge in [0.15, 0.2) is 12.4 Å². The average molecular weight is 431 g/mol. The zero-order valence-corrected chi connectivity index (χ0v) is 15.8. The Morgan fingerprint density at radius 2 is 1.58 bits per heavy atom. The average Bonchev–Trinajstić information content (AvgIpc) is 2.67. The van der Waals surface area contributed by atoms with E-state index in [-0.39, 0.29) is 23.1 Å². The molecule has 2 aromatic carbocycles. The van der Waals surface area contributed by atoms with Gasteiger partial charge in [-0.1, -0.05) is 63.9 Å². The van der Waals surface area contributed by atoms with Crippen LogP contribution in [-0.4, -0.2) is 23.3 Å². The van der Waals surface area contributed by atoms with Crippen molar-refractivity contribution in [2.45, 2.75) is 0 Å². The fraction of sp³-hybridized carbons (Fsp3) is 0.0500. The Labute approximate surface area is 163 Å². The number of rotatable bonds is 5. The maximum atomic E-state index is 12.2. The van der Waals surface area contributed by atoms with Crippen molar-refractivity contribution >= 4 is 39.3 Å². The van der Waals surface area contributed by atoms with Crippen LogP contribution in [0.1, 0.15) is 20.7 Å². The van der Waals surface area contributed by atoms with Gasteiger partial charge < -0.3 is 4.74 Å². The predicted octanol–water partition coefficient (Wildman–Crippen LogP) is 5.20. The summed E-state index contributed by atoms with van der Waals surface area (Å²) in [5.41, 5.74) is 2.64. The van der Waals surface area contributed by atoms with Gasteiger partial charge in [0.25, 0.3) is 0 Å². The van der Waals surface area contributed by atoms with Gasteiger partial charge in [-0.3, -0.25) is 4.79 Å². The normalized spacial score (nSPS) is 10.4. The summed E-state index contributed by atoms with van der Waals surface area (Å²) in [5.74, 6) is -0.969. The van der Waals surface area contributed by atoms with Gasteiger partial charge in [0.2, 0.25) is 0 Å². The maximum Gasteiger partial charge on any atom is 0.341 e. The first-order valence-electron chi connectivity index (χ1n) is 7.71. The third kappa shape index (κ3) is 4.36. The molecule has 0 amide bonds. The van der Waals surface area contributed by atoms with Crippen molar-refractivity contribution in [3.8, 4) is 11.1 Å². The third-order valence-corrected chi connectivity index (χ3v) is 4.53. The van der Waals surface area contributed by atoms with Gasteiger partial charge in [-0.2, -0.15) is 0 Å². The first-order chi connectivity index (χ1) is 12.5. The van der Waals surface area contributed by atoms with Crippen molar-refractivity contribution in [1.82, 2.24) is 4.98 Å². The number of Topliss-reactive ketones (excluding diaryl/α,β-unsaturated/α-hetero) is 1. The summed E-state index contributed by atoms with van der Waals surface area (Å²) in [5, 5.41) is 0.0452. The van der Waals surface area contributed by atoms with E-state index in [4.69, 9.17) is 16.3 Å². The molecule has 0 aliphatic carbocycles. The molecule has 1 heterocycles. The number of hydrogen-bond donors (Lipinski definition) is 0. The summed E-state index contributed by atoms with van der Waals surface area (Å²) in [7, 11) is 0. The Morgan fingerprint density at radius 1 is 0.962 bits per heavy atom. The number of carbonyl (C=O) groups is 2. The number of ether oxygens (including phenoxy) is 1. The monoisotopic (exact) mass is 429 g/mol. The number of esters is 1. The van der Waals surface area contributed by atoms with E-state index in [0.717, 1.165) is 15.6 Å². The van der Waals surface area contributed by atoms with E-state index >= 15 is 0 Å². The molecule has 0 unspecified atom stereocenters. The molecule has 130 valence electrons. The van der Waals surface area contributed by atoms with Crippen LogP contribution in [0.4, 0.5) is 0 Å². The smallest absolute Gasteiger partial charge is 0.341 e. The summed E-state index contributed by atoms with van der Waals surface area (Å²) in [4.78, 5) is 28.0. The lowest BCUT2D eigenvalue weighted by Gasteiger charge is -2.06. The van der Waals surface area contributed by atoms with E-state index in [0.29, 0.717) is 5.56 Å². The van der Waals surface area contributed by atoms with E-state index in [1.165, 1.54) is 12.3 Å². The van der Waals surface area contributed by atoms with Crippen molar-refractivity contribution in [3.63, 3.8) is 0 Å². The van der Waals surface area contributed by atoms with Crippen LogP contribution in [0, 0.1) is 0 Å². The van der Waals surface area contributed by atoms with Gasteiger partial charge in [0.05, 0.1) is 5.56 Å². The number of nitrogens with zero attached hydrogens (tertiary/aromatic N) is 1. The Hall–Kier alpha value is -2.50. The number of benzene rings is 2. The van der Waals surface area contributed by atoms with E-state index < -0.39 is 5.97 Å². The van der Waals surface area contributed by atoms with Gasteiger partial charge in [-0.15, -0.1) is 0 Å². The second kappa shape index (κ2) is 8.25. The van der Waals surface area contributed by atoms with Crippen LogP contribution in [-0.2, 0) is 4.74 Å². The second-order valence-electron chi connectivity index (χ2n) is 5.43. The lowest BCUT2D eigenvalue weighted by molar-refractivity contribution is 0.0474. The van der Waals surface area contributed by atoms with Gasteiger partial charge in [-0.05, 0) is 35.4 Å². The molecule has 0 bridgehead atoms. The van der Waals surface area contributed by atoms with E-state index in [1.54, 1.807) is 18.2 Å². The quantitative estimate of drug-likeness (QED) is 0.317. The van der Waals surface area contributed by atoms with Crippen LogP contribution in [0.2, 0.25) is 5.15 Å². The van der Waals surface area contributed by atoms with E-state index in [9.17, 15) is 9.59 Å². The number of halogens is 2. The molecule has 3 rings (SSSR count). The number of aromatic nitrogens is 1. The molecule has 6 heteroatoms. The summed E-state index contributed by atoms with van der Waals surface area (Å²) < 4.78 is 6.04. The van der Waals surface area contributed by atoms with Gasteiger partial charge in [-0.25, -0.2) is 9.78 Å². The van der Waals surface area contributed by atoms with Crippen molar-refractivity contribution in [2.24, 2.45) is 0 Å². The minimum atomic E-state index is -0.678. The minimum absolute atomic E-state index is 0.0452. The third-order valence-electron chi connectivity index (χ3n) is 3.70. The molecule has 1 aromatic heterocycles. The van der Waals surface area contributed by atoms with Crippen molar-refractivity contribution in [3.05, 3.63) is 87.6 Å². The van der Waals surface area contributed by atoms with Crippen LogP contribution in [0.5, 0.6) is 0 Å². The zero-order valence-electron chi connectivity index (χ0n) is 13.5. The lowest BCUT2D eigenvalue weighted by atomic mass is 10.0. The highest BCUT2D eigenvalue weighted by Gasteiger charge is 2.15. The molecule has 0 fully saturated rings. The molecule has 3 aromatic rings. The molecule has 0 spiro atoms. The maximum absolute atomic E-state index is 12.2. The Balaban J connectivity index is 1.64. The SMILES string of the molecule is O=C(COC(=O)c1cccnc1Cl)c1ccc(-c2ccc(Br)cc2)cc1. The summed E-state index contributed by atoms with van der Waals surface area (Å²) in [6, 6.07) is 18.1. The second-order valence-corrected chi connectivity index (χ2v) is 6.70. The van der Waals surface area contributed by atoms with Gasteiger partial charge in [0, 0.05) is 16.2 Å². The Kier molecular flexibility index (Phi) is 5.81. The molecular weight excluding hydrogens is 418 g/mol. The number of carbonyl (C=O) groups excluding carboxylic acids is 2. The zero-order chi connectivity index (χ0) is 18.5. The summed E-state index contributed by atoms with van der Waals surface area (Å²) in [6.45, 7) is -0.359. The lowest BCUT2D eigenvalue weighted by Crippen LogP contribution is -2.14. The largest absolute Gasteiger partial charge is 0.454 e. The molecular formula is C20H13BrClNO3. The Bertz CT molecular complexity index is 940. The van der Waals surface area contributed by atoms with Gasteiger partial charge >= 0.3 is 5.97 Å². The molecule has 0 saturated heterocycles. The van der Waals surface area contributed by atoms with Crippen LogP contribution in [0.25, 0.3) is 11.1 Å². The molecule has 0 saturated carbocycles. The fourth-order valence-corrected chi connectivity index (χ4v) is 2.78. The number of ketones is 1. The van der Waals surface area contributed by atoms with Crippen LogP contribution in [0.3, 0.4) is 0 Å². The van der Waals surface area contributed by atoms with Crippen molar-refractivity contribution in [1.29, 1.82) is 0 Å². The molecule has 4 nitrogen and oxygen atoms in total. The predicted molar refractivity (Wildman–Crippen MR) is 103 cm³/mol. The molecule has 0 N–H and O–H groups in total. The number of pyridine rings is 1. The highest BCUT2D eigenvalue weighted by molar-refractivity contribution is 9.10. The highest BCUT2D eigenvalue weighted by Crippen LogP contribution is 2.22. The van der Waals surface area contributed by atoms with Gasteiger partial charge in [0.1, 0.15) is 5.15 Å². The molecule has 0 atom stereocenters. The minimum Gasteiger partial charge on any atom is -0.454 e. The standard InChI is InChI=1S/C20H13BrClNO3/c21-16-9-7-14(8-10-16)13-3-5-15(6-4-13)18(24)12-26-20(25)17-2-1-11-23-19(17)22/h1-11H,12H2. The molecule has 26 heavy (non-hydrogen) atoms. The van der Waals surface area contributed by atoms with Crippen molar-refractivity contribution < 1.29 is 14.3 Å². The topological polar surface area (TPSA) is 56.3 Å². The highest BCUT2D eigenvalue weighted by atomic mass is 79.9. The van der Waals surface area contributed by atoms with Crippen LogP contribution < -0.4 is 0 Å². The summed E-state index contributed by atoms with van der Waals surface area (Å²) in [6.07, 6.45) is 1.47. The van der Waals surface area contributed by atoms with E-state index in [2.05, 4.69) is 20.9 Å². The van der Waals surface area contributed by atoms with Crippen LogP contribution >= 0.6 is 27.5 Å². The Morgan fingerprint density at radius 3 is 2.19 bits per heavy atom. The fourth-order valence-electron chi connectivity index (χ4n) is 2.32. The summed E-state index contributed by atoms with van der Waals surface area (Å²) >= 11 is 9.24. The first-order valence-corrected chi connectivity index (χ1v) is 8.88. The van der Waals surface area contributed by atoms with Crippen molar-refractivity contribution in [2.75, 3.05) is 6.61 Å². The first kappa shape index (κ1) is 18.3. The molecule has 0 aliphatic heterocycles. The number of hydrogen-bond acceptors (Lipinski definition) is 4. The molecule has 0 radical (unpaired) electrons.